The molecule has 0 amide bonds. The van der Waals surface area contributed by atoms with Crippen LogP contribution in [0.4, 0.5) is 11.8 Å². The van der Waals surface area contributed by atoms with Crippen molar-refractivity contribution in [2.75, 3.05) is 11.5 Å². The number of nitrogens with two attached hydrogens (primary N) is 2. The molecule has 0 saturated carbocycles. The van der Waals surface area contributed by atoms with E-state index in [1.165, 1.54) is 5.56 Å². The molecule has 0 atom stereocenters. The fourth-order valence-electron chi connectivity index (χ4n) is 2.11. The van der Waals surface area contributed by atoms with E-state index in [0.717, 1.165) is 16.8 Å². The highest BCUT2D eigenvalue weighted by atomic mass is 15.0. The summed E-state index contributed by atoms with van der Waals surface area (Å²) in [7, 11) is 0. The third-order valence-corrected chi connectivity index (χ3v) is 3.17. The van der Waals surface area contributed by atoms with Gasteiger partial charge in [0.05, 0.1) is 5.69 Å². The van der Waals surface area contributed by atoms with Crippen LogP contribution in [0.3, 0.4) is 0 Å². The first-order valence-corrected chi connectivity index (χ1v) is 6.29. The maximum Gasteiger partial charge on any atom is 0.222 e. The van der Waals surface area contributed by atoms with E-state index in [1.54, 1.807) is 0 Å². The van der Waals surface area contributed by atoms with Gasteiger partial charge in [0, 0.05) is 5.56 Å². The molecule has 0 saturated heterocycles. The van der Waals surface area contributed by atoms with E-state index in [2.05, 4.69) is 55.0 Å². The molecule has 4 nitrogen and oxygen atoms in total. The minimum Gasteiger partial charge on any atom is -0.383 e. The largest absolute Gasteiger partial charge is 0.383 e. The van der Waals surface area contributed by atoms with Crippen molar-refractivity contribution in [3.8, 4) is 11.1 Å². The SMILES string of the molecule is Cc1nc(N)nc(N)c1-c1ccc(C(C)(C)C)cc1. The number of hydrogen-bond acceptors (Lipinski definition) is 4. The maximum absolute atomic E-state index is 5.95. The Hall–Kier alpha value is -2.10. The first-order valence-electron chi connectivity index (χ1n) is 6.29. The van der Waals surface area contributed by atoms with Gasteiger partial charge in [-0.1, -0.05) is 45.0 Å². The van der Waals surface area contributed by atoms with Crippen LogP contribution in [0.5, 0.6) is 0 Å². The van der Waals surface area contributed by atoms with E-state index >= 15 is 0 Å². The van der Waals surface area contributed by atoms with Gasteiger partial charge in [0.25, 0.3) is 0 Å². The molecular formula is C15H20N4. The Morgan fingerprint density at radius 3 is 2.00 bits per heavy atom. The van der Waals surface area contributed by atoms with Crippen molar-refractivity contribution in [1.29, 1.82) is 0 Å². The van der Waals surface area contributed by atoms with Crippen molar-refractivity contribution in [3.05, 3.63) is 35.5 Å². The maximum atomic E-state index is 5.95. The molecule has 0 fully saturated rings. The minimum atomic E-state index is 0.136. The molecule has 4 heteroatoms. The molecule has 0 aliphatic carbocycles. The van der Waals surface area contributed by atoms with Gasteiger partial charge in [-0.25, -0.2) is 4.98 Å². The van der Waals surface area contributed by atoms with Gasteiger partial charge in [-0.15, -0.1) is 0 Å². The van der Waals surface area contributed by atoms with Gasteiger partial charge in [0.1, 0.15) is 5.82 Å². The highest BCUT2D eigenvalue weighted by Gasteiger charge is 2.15. The van der Waals surface area contributed by atoms with E-state index in [-0.39, 0.29) is 11.4 Å². The smallest absolute Gasteiger partial charge is 0.222 e. The average Bonchev–Trinajstić information content (AvgIpc) is 2.27. The zero-order valence-corrected chi connectivity index (χ0v) is 11.9. The Morgan fingerprint density at radius 2 is 1.53 bits per heavy atom. The zero-order chi connectivity index (χ0) is 14.2. The van der Waals surface area contributed by atoms with Crippen LogP contribution in [0.2, 0.25) is 0 Å². The van der Waals surface area contributed by atoms with Crippen LogP contribution in [0.25, 0.3) is 11.1 Å². The third-order valence-electron chi connectivity index (χ3n) is 3.17. The molecule has 19 heavy (non-hydrogen) atoms. The number of aryl methyl sites for hydroxylation is 1. The first kappa shape index (κ1) is 13.3. The van der Waals surface area contributed by atoms with Gasteiger partial charge in [-0.05, 0) is 23.5 Å². The van der Waals surface area contributed by atoms with E-state index in [0.29, 0.717) is 5.82 Å². The van der Waals surface area contributed by atoms with E-state index in [1.807, 2.05) is 6.92 Å². The van der Waals surface area contributed by atoms with Crippen LogP contribution in [0.15, 0.2) is 24.3 Å². The second kappa shape index (κ2) is 4.53. The molecule has 0 bridgehead atoms. The first-order chi connectivity index (χ1) is 8.79. The molecule has 2 rings (SSSR count). The molecule has 0 radical (unpaired) electrons. The molecule has 100 valence electrons. The molecule has 4 N–H and O–H groups in total. The van der Waals surface area contributed by atoms with Crippen LogP contribution in [0, 0.1) is 6.92 Å². The quantitative estimate of drug-likeness (QED) is 0.822. The Balaban J connectivity index is 2.49. The van der Waals surface area contributed by atoms with Gasteiger partial charge in [-0.3, -0.25) is 0 Å². The van der Waals surface area contributed by atoms with Crippen LogP contribution in [-0.4, -0.2) is 9.97 Å². The zero-order valence-electron chi connectivity index (χ0n) is 11.9. The number of aromatic nitrogens is 2. The Labute approximate surface area is 113 Å². The molecule has 1 aromatic carbocycles. The van der Waals surface area contributed by atoms with Crippen molar-refractivity contribution in [2.24, 2.45) is 0 Å². The molecule has 2 aromatic rings. The van der Waals surface area contributed by atoms with Gasteiger partial charge < -0.3 is 11.5 Å². The minimum absolute atomic E-state index is 0.136. The predicted molar refractivity (Wildman–Crippen MR) is 79.7 cm³/mol. The molecule has 0 aliphatic heterocycles. The standard InChI is InChI=1S/C15H20N4/c1-9-12(13(16)19-14(17)18-9)10-5-7-11(8-6-10)15(2,3)4/h5-8H,1-4H3,(H4,16,17,18,19). The van der Waals surface area contributed by atoms with Crippen molar-refractivity contribution in [3.63, 3.8) is 0 Å². The lowest BCUT2D eigenvalue weighted by Gasteiger charge is -2.19. The summed E-state index contributed by atoms with van der Waals surface area (Å²) in [5.41, 5.74) is 15.6. The van der Waals surface area contributed by atoms with Crippen LogP contribution in [-0.2, 0) is 5.41 Å². The summed E-state index contributed by atoms with van der Waals surface area (Å²) >= 11 is 0. The Morgan fingerprint density at radius 1 is 0.947 bits per heavy atom. The summed E-state index contributed by atoms with van der Waals surface area (Å²) in [6.07, 6.45) is 0. The van der Waals surface area contributed by atoms with E-state index in [9.17, 15) is 0 Å². The Bertz CT molecular complexity index is 572. The lowest BCUT2D eigenvalue weighted by molar-refractivity contribution is 0.590. The number of nitrogens with zero attached hydrogens (tertiary/aromatic N) is 2. The summed E-state index contributed by atoms with van der Waals surface area (Å²) in [4.78, 5) is 8.20. The van der Waals surface area contributed by atoms with Crippen molar-refractivity contribution in [1.82, 2.24) is 9.97 Å². The average molecular weight is 256 g/mol. The molecule has 1 heterocycles. The van der Waals surface area contributed by atoms with Crippen LogP contribution in [0.1, 0.15) is 32.0 Å². The highest BCUT2D eigenvalue weighted by molar-refractivity contribution is 5.76. The molecule has 0 spiro atoms. The lowest BCUT2D eigenvalue weighted by atomic mass is 9.86. The predicted octanol–water partition coefficient (Wildman–Crippen LogP) is 2.91. The second-order valence-corrected chi connectivity index (χ2v) is 5.75. The van der Waals surface area contributed by atoms with Crippen molar-refractivity contribution < 1.29 is 0 Å². The lowest BCUT2D eigenvalue weighted by Crippen LogP contribution is -2.10. The molecule has 1 aromatic heterocycles. The third kappa shape index (κ3) is 2.67. The van der Waals surface area contributed by atoms with Crippen LogP contribution < -0.4 is 11.5 Å². The summed E-state index contributed by atoms with van der Waals surface area (Å²) < 4.78 is 0. The fourth-order valence-corrected chi connectivity index (χ4v) is 2.11. The monoisotopic (exact) mass is 256 g/mol. The molecule has 0 unspecified atom stereocenters. The van der Waals surface area contributed by atoms with Gasteiger partial charge >= 0.3 is 0 Å². The molecule has 0 aliphatic rings. The van der Waals surface area contributed by atoms with Gasteiger partial charge in [-0.2, -0.15) is 4.98 Å². The number of nitrogen functional groups attached to an aromatic ring is 2. The Kier molecular flexibility index (Phi) is 3.18. The number of anilines is 2. The summed E-state index contributed by atoms with van der Waals surface area (Å²) in [5, 5.41) is 0. The summed E-state index contributed by atoms with van der Waals surface area (Å²) in [5.74, 6) is 0.638. The number of hydrogen-bond donors (Lipinski definition) is 2. The van der Waals surface area contributed by atoms with Crippen molar-refractivity contribution >= 4 is 11.8 Å². The van der Waals surface area contributed by atoms with Gasteiger partial charge in [0.2, 0.25) is 5.95 Å². The normalized spacial score (nSPS) is 11.6. The summed E-state index contributed by atoms with van der Waals surface area (Å²) in [6.45, 7) is 8.46. The fraction of sp³-hybridized carbons (Fsp3) is 0.333. The van der Waals surface area contributed by atoms with Crippen LogP contribution >= 0.6 is 0 Å². The van der Waals surface area contributed by atoms with Crippen molar-refractivity contribution in [2.45, 2.75) is 33.1 Å². The van der Waals surface area contributed by atoms with E-state index in [4.69, 9.17) is 11.5 Å². The number of rotatable bonds is 1. The number of benzene rings is 1. The second-order valence-electron chi connectivity index (χ2n) is 5.75. The summed E-state index contributed by atoms with van der Waals surface area (Å²) in [6, 6.07) is 8.34. The van der Waals surface area contributed by atoms with E-state index < -0.39 is 0 Å². The van der Waals surface area contributed by atoms with Gasteiger partial charge in [0.15, 0.2) is 0 Å². The highest BCUT2D eigenvalue weighted by Crippen LogP contribution is 2.30. The molecular weight excluding hydrogens is 236 g/mol. The topological polar surface area (TPSA) is 77.8 Å².